The Morgan fingerprint density at radius 3 is 2.69 bits per heavy atom. The molecule has 2 aromatic rings. The molecule has 2 rings (SSSR count). The van der Waals surface area contributed by atoms with E-state index >= 15 is 0 Å². The molecule has 0 unspecified atom stereocenters. The fourth-order valence-electron chi connectivity index (χ4n) is 1.29. The summed E-state index contributed by atoms with van der Waals surface area (Å²) in [5.41, 5.74) is 4.12. The lowest BCUT2D eigenvalue weighted by Gasteiger charge is -2.03. The summed E-state index contributed by atoms with van der Waals surface area (Å²) in [5, 5.41) is 5.23. The lowest BCUT2D eigenvalue weighted by Crippen LogP contribution is -2.08. The first kappa shape index (κ1) is 11.0. The molecule has 84 valence electrons. The molecule has 16 heavy (non-hydrogen) atoms. The van der Waals surface area contributed by atoms with Crippen molar-refractivity contribution in [2.24, 2.45) is 0 Å². The molecule has 0 aliphatic heterocycles. The molecule has 1 N–H and O–H groups in total. The predicted octanol–water partition coefficient (Wildman–Crippen LogP) is 2.15. The van der Waals surface area contributed by atoms with Crippen LogP contribution in [0.2, 0.25) is 0 Å². The summed E-state index contributed by atoms with van der Waals surface area (Å²) in [7, 11) is 0. The van der Waals surface area contributed by atoms with Gasteiger partial charge in [0.15, 0.2) is 0 Å². The number of hydrogen-bond donors (Lipinski definition) is 1. The van der Waals surface area contributed by atoms with E-state index < -0.39 is 0 Å². The van der Waals surface area contributed by atoms with Gasteiger partial charge in [0.05, 0.1) is 11.2 Å². The summed E-state index contributed by atoms with van der Waals surface area (Å²) in [6, 6.07) is 0. The van der Waals surface area contributed by atoms with Gasteiger partial charge in [0.1, 0.15) is 0 Å². The van der Waals surface area contributed by atoms with E-state index in [4.69, 9.17) is 0 Å². The van der Waals surface area contributed by atoms with Crippen LogP contribution in [0.4, 0.5) is 5.95 Å². The maximum atomic E-state index is 4.23. The molecule has 2 heterocycles. The fourth-order valence-corrected chi connectivity index (χ4v) is 1.88. The van der Waals surface area contributed by atoms with Crippen LogP contribution in [0.25, 0.3) is 0 Å². The number of hydrogen-bond acceptors (Lipinski definition) is 5. The molecule has 0 fully saturated rings. The molecule has 0 aromatic carbocycles. The number of thiazole rings is 1. The van der Waals surface area contributed by atoms with Crippen LogP contribution in [-0.2, 0) is 12.8 Å². The van der Waals surface area contributed by atoms with Crippen LogP contribution < -0.4 is 5.32 Å². The van der Waals surface area contributed by atoms with Crippen molar-refractivity contribution in [2.45, 2.75) is 19.8 Å². The molecule has 4 nitrogen and oxygen atoms in total. The van der Waals surface area contributed by atoms with Gasteiger partial charge in [-0.25, -0.2) is 15.0 Å². The van der Waals surface area contributed by atoms with E-state index in [2.05, 4.69) is 32.6 Å². The average Bonchev–Trinajstić information content (AvgIpc) is 2.83. The zero-order valence-electron chi connectivity index (χ0n) is 9.18. The van der Waals surface area contributed by atoms with Gasteiger partial charge < -0.3 is 5.32 Å². The lowest BCUT2D eigenvalue weighted by molar-refractivity contribution is 0.945. The number of aromatic nitrogens is 3. The molecule has 0 aliphatic carbocycles. The van der Waals surface area contributed by atoms with E-state index in [1.165, 1.54) is 0 Å². The Balaban J connectivity index is 1.81. The molecule has 0 radical (unpaired) electrons. The third kappa shape index (κ3) is 3.00. The molecular formula is C11H14N4S. The SMILES string of the molecule is CCc1cnc(NCCc2cscn2)nc1. The second kappa shape index (κ2) is 5.55. The zero-order chi connectivity index (χ0) is 11.2. The maximum absolute atomic E-state index is 4.23. The Labute approximate surface area is 98.8 Å². The van der Waals surface area contributed by atoms with E-state index in [0.29, 0.717) is 5.95 Å². The third-order valence-electron chi connectivity index (χ3n) is 2.26. The largest absolute Gasteiger partial charge is 0.354 e. The second-order valence-electron chi connectivity index (χ2n) is 3.43. The van der Waals surface area contributed by atoms with Crippen molar-refractivity contribution < 1.29 is 0 Å². The molecule has 0 amide bonds. The normalized spacial score (nSPS) is 10.3. The van der Waals surface area contributed by atoms with Crippen molar-refractivity contribution in [3.05, 3.63) is 34.5 Å². The molecule has 0 saturated heterocycles. The van der Waals surface area contributed by atoms with Crippen LogP contribution in [0.1, 0.15) is 18.2 Å². The smallest absolute Gasteiger partial charge is 0.222 e. The molecule has 0 aliphatic rings. The minimum absolute atomic E-state index is 0.687. The van der Waals surface area contributed by atoms with Crippen LogP contribution >= 0.6 is 11.3 Å². The Bertz CT molecular complexity index is 410. The number of rotatable bonds is 5. The van der Waals surface area contributed by atoms with Gasteiger partial charge in [0.25, 0.3) is 0 Å². The van der Waals surface area contributed by atoms with Gasteiger partial charge in [0, 0.05) is 30.7 Å². The van der Waals surface area contributed by atoms with E-state index in [9.17, 15) is 0 Å². The second-order valence-corrected chi connectivity index (χ2v) is 4.14. The first-order chi connectivity index (χ1) is 7.88. The number of nitrogens with zero attached hydrogens (tertiary/aromatic N) is 3. The zero-order valence-corrected chi connectivity index (χ0v) is 10.00. The van der Waals surface area contributed by atoms with Crippen LogP contribution in [0.3, 0.4) is 0 Å². The Morgan fingerprint density at radius 2 is 2.06 bits per heavy atom. The van der Waals surface area contributed by atoms with Gasteiger partial charge >= 0.3 is 0 Å². The highest BCUT2D eigenvalue weighted by Gasteiger charge is 1.97. The van der Waals surface area contributed by atoms with Crippen LogP contribution in [0.15, 0.2) is 23.3 Å². The van der Waals surface area contributed by atoms with Crippen molar-refractivity contribution in [1.82, 2.24) is 15.0 Å². The quantitative estimate of drug-likeness (QED) is 0.861. The monoisotopic (exact) mass is 234 g/mol. The van der Waals surface area contributed by atoms with E-state index in [0.717, 1.165) is 30.6 Å². The van der Waals surface area contributed by atoms with Crippen molar-refractivity contribution in [3.63, 3.8) is 0 Å². The van der Waals surface area contributed by atoms with Crippen molar-refractivity contribution >= 4 is 17.3 Å². The Kier molecular flexibility index (Phi) is 3.82. The number of nitrogens with one attached hydrogen (secondary N) is 1. The highest BCUT2D eigenvalue weighted by atomic mass is 32.1. The summed E-state index contributed by atoms with van der Waals surface area (Å²) in [5.74, 6) is 0.687. The van der Waals surface area contributed by atoms with Gasteiger partial charge in [-0.2, -0.15) is 0 Å². The molecule has 0 bridgehead atoms. The minimum Gasteiger partial charge on any atom is -0.354 e. The predicted molar refractivity (Wildman–Crippen MR) is 65.7 cm³/mol. The minimum atomic E-state index is 0.687. The van der Waals surface area contributed by atoms with Crippen LogP contribution in [0, 0.1) is 0 Å². The van der Waals surface area contributed by atoms with Gasteiger partial charge in [-0.15, -0.1) is 11.3 Å². The summed E-state index contributed by atoms with van der Waals surface area (Å²) in [6.45, 7) is 2.91. The number of aryl methyl sites for hydroxylation is 1. The van der Waals surface area contributed by atoms with E-state index in [1.54, 1.807) is 11.3 Å². The first-order valence-corrected chi connectivity index (χ1v) is 6.24. The fraction of sp³-hybridized carbons (Fsp3) is 0.364. The highest BCUT2D eigenvalue weighted by Crippen LogP contribution is 2.03. The van der Waals surface area contributed by atoms with Gasteiger partial charge in [-0.1, -0.05) is 6.92 Å². The van der Waals surface area contributed by atoms with E-state index in [1.807, 2.05) is 17.9 Å². The molecular weight excluding hydrogens is 220 g/mol. The standard InChI is InChI=1S/C11H14N4S/c1-2-9-5-13-11(14-6-9)12-4-3-10-7-16-8-15-10/h5-8H,2-4H2,1H3,(H,12,13,14). The molecule has 2 aromatic heterocycles. The molecule has 5 heteroatoms. The summed E-state index contributed by atoms with van der Waals surface area (Å²) >= 11 is 1.62. The highest BCUT2D eigenvalue weighted by molar-refractivity contribution is 7.07. The number of anilines is 1. The topological polar surface area (TPSA) is 50.7 Å². The third-order valence-corrected chi connectivity index (χ3v) is 2.90. The first-order valence-electron chi connectivity index (χ1n) is 5.30. The Hall–Kier alpha value is -1.49. The molecule has 0 spiro atoms. The van der Waals surface area contributed by atoms with Crippen molar-refractivity contribution in [3.8, 4) is 0 Å². The molecule has 0 saturated carbocycles. The van der Waals surface area contributed by atoms with Crippen LogP contribution in [-0.4, -0.2) is 21.5 Å². The summed E-state index contributed by atoms with van der Waals surface area (Å²) in [6.07, 6.45) is 5.60. The maximum Gasteiger partial charge on any atom is 0.222 e. The molecule has 0 atom stereocenters. The van der Waals surface area contributed by atoms with Crippen molar-refractivity contribution in [1.29, 1.82) is 0 Å². The average molecular weight is 234 g/mol. The lowest BCUT2D eigenvalue weighted by atomic mass is 10.3. The van der Waals surface area contributed by atoms with Gasteiger partial charge in [-0.05, 0) is 12.0 Å². The van der Waals surface area contributed by atoms with Gasteiger partial charge in [-0.3, -0.25) is 0 Å². The van der Waals surface area contributed by atoms with Crippen molar-refractivity contribution in [2.75, 3.05) is 11.9 Å². The summed E-state index contributed by atoms with van der Waals surface area (Å²) in [4.78, 5) is 12.7. The van der Waals surface area contributed by atoms with Gasteiger partial charge in [0.2, 0.25) is 5.95 Å². The van der Waals surface area contributed by atoms with E-state index in [-0.39, 0.29) is 0 Å². The summed E-state index contributed by atoms with van der Waals surface area (Å²) < 4.78 is 0. The Morgan fingerprint density at radius 1 is 1.25 bits per heavy atom. The van der Waals surface area contributed by atoms with Crippen LogP contribution in [0.5, 0.6) is 0 Å².